The molecule has 4 N–H and O–H groups in total. The number of aryl methyl sites for hydroxylation is 1. The van der Waals surface area contributed by atoms with E-state index in [4.69, 9.17) is 5.73 Å². The monoisotopic (exact) mass is 411 g/mol. The Morgan fingerprint density at radius 3 is 2.77 bits per heavy atom. The number of nitrogens with one attached hydrogen (secondary N) is 2. The van der Waals surface area contributed by atoms with Crippen LogP contribution >= 0.6 is 0 Å². The number of imidazole rings is 1. The van der Waals surface area contributed by atoms with Crippen molar-refractivity contribution in [2.24, 2.45) is 0 Å². The van der Waals surface area contributed by atoms with Crippen LogP contribution in [0, 0.1) is 6.92 Å². The Kier molecular flexibility index (Phi) is 4.88. The fourth-order valence-electron chi connectivity index (χ4n) is 4.00. The van der Waals surface area contributed by atoms with E-state index in [9.17, 15) is 0 Å². The van der Waals surface area contributed by atoms with E-state index in [1.54, 1.807) is 0 Å². The Bertz CT molecular complexity index is 1350. The number of fused-ring (bicyclic) bond motifs is 2. The van der Waals surface area contributed by atoms with Crippen LogP contribution in [-0.2, 0) is 13.0 Å². The van der Waals surface area contributed by atoms with E-state index in [2.05, 4.69) is 67.2 Å². The van der Waals surface area contributed by atoms with Crippen LogP contribution in [0.2, 0.25) is 0 Å². The van der Waals surface area contributed by atoms with Gasteiger partial charge in [0.1, 0.15) is 11.6 Å². The van der Waals surface area contributed by atoms with Gasteiger partial charge in [0.25, 0.3) is 0 Å². The number of aromatic amines is 2. The number of anilines is 1. The molecule has 5 rings (SSSR count). The first-order valence-corrected chi connectivity index (χ1v) is 10.4. The first-order chi connectivity index (χ1) is 15.0. The molecule has 1 aromatic carbocycles. The third kappa shape index (κ3) is 4.00. The lowest BCUT2D eigenvalue weighted by Crippen LogP contribution is -2.21. The van der Waals surface area contributed by atoms with Gasteiger partial charge in [0, 0.05) is 53.6 Å². The van der Waals surface area contributed by atoms with E-state index in [1.165, 1.54) is 10.9 Å². The number of nitrogens with two attached hydrogens (primary N) is 1. The van der Waals surface area contributed by atoms with E-state index in [1.807, 2.05) is 31.3 Å². The molecule has 31 heavy (non-hydrogen) atoms. The minimum absolute atomic E-state index is 0.461. The van der Waals surface area contributed by atoms with Gasteiger partial charge in [-0.05, 0) is 55.9 Å². The molecule has 156 valence electrons. The number of hydrogen-bond acceptors (Lipinski definition) is 5. The molecule has 0 saturated carbocycles. The number of pyridine rings is 2. The number of benzene rings is 1. The normalized spacial score (nSPS) is 11.7. The highest BCUT2D eigenvalue weighted by Crippen LogP contribution is 2.30. The Hall–Kier alpha value is -3.71. The van der Waals surface area contributed by atoms with Crippen molar-refractivity contribution in [3.05, 3.63) is 71.8 Å². The molecular weight excluding hydrogens is 386 g/mol. The maximum absolute atomic E-state index is 6.03. The average molecular weight is 412 g/mol. The van der Waals surface area contributed by atoms with Crippen molar-refractivity contribution in [3.8, 4) is 11.3 Å². The van der Waals surface area contributed by atoms with E-state index < -0.39 is 0 Å². The van der Waals surface area contributed by atoms with Crippen molar-refractivity contribution in [2.45, 2.75) is 19.9 Å². The van der Waals surface area contributed by atoms with E-state index in [0.717, 1.165) is 53.3 Å². The number of aromatic nitrogens is 5. The molecule has 7 nitrogen and oxygen atoms in total. The molecule has 0 unspecified atom stereocenters. The predicted octanol–water partition coefficient (Wildman–Crippen LogP) is 4.07. The molecule has 7 heteroatoms. The van der Waals surface area contributed by atoms with Crippen molar-refractivity contribution >= 4 is 27.9 Å². The predicted molar refractivity (Wildman–Crippen MR) is 125 cm³/mol. The quantitative estimate of drug-likeness (QED) is 0.391. The topological polar surface area (TPSA) is 99.5 Å². The molecule has 0 atom stereocenters. The summed E-state index contributed by atoms with van der Waals surface area (Å²) >= 11 is 0. The summed E-state index contributed by atoms with van der Waals surface area (Å²) < 4.78 is 0. The third-order valence-corrected chi connectivity index (χ3v) is 5.50. The highest BCUT2D eigenvalue weighted by atomic mass is 15.1. The van der Waals surface area contributed by atoms with Crippen LogP contribution in [0.1, 0.15) is 17.1 Å². The lowest BCUT2D eigenvalue weighted by molar-refractivity contribution is 0.330. The van der Waals surface area contributed by atoms with E-state index >= 15 is 0 Å². The Morgan fingerprint density at radius 2 is 1.94 bits per heavy atom. The van der Waals surface area contributed by atoms with Gasteiger partial charge in [-0.1, -0.05) is 12.1 Å². The standard InChI is InChI=1S/C24H25N7/c1-15-27-23-19(13-22(25)30-24(23)28-15)21-12-17-11-16(6-7-20(17)29-21)14-31(2)10-8-18-5-3-4-9-26-18/h3-7,9,11-13,29H,8,10,14H2,1-2H3,(H3,25,27,28,30). The smallest absolute Gasteiger partial charge is 0.180 e. The van der Waals surface area contributed by atoms with Crippen LogP contribution in [0.3, 0.4) is 0 Å². The maximum Gasteiger partial charge on any atom is 0.180 e. The van der Waals surface area contributed by atoms with Crippen molar-refractivity contribution < 1.29 is 0 Å². The fraction of sp³-hybridized carbons (Fsp3) is 0.208. The molecule has 0 aliphatic rings. The van der Waals surface area contributed by atoms with Crippen LogP contribution in [0.5, 0.6) is 0 Å². The minimum Gasteiger partial charge on any atom is -0.384 e. The summed E-state index contributed by atoms with van der Waals surface area (Å²) in [6.45, 7) is 3.76. The molecule has 0 aliphatic heterocycles. The van der Waals surface area contributed by atoms with Crippen molar-refractivity contribution in [1.29, 1.82) is 0 Å². The number of rotatable bonds is 6. The van der Waals surface area contributed by atoms with Gasteiger partial charge in [-0.3, -0.25) is 4.98 Å². The summed E-state index contributed by atoms with van der Waals surface area (Å²) in [4.78, 5) is 22.3. The van der Waals surface area contributed by atoms with Crippen LogP contribution in [-0.4, -0.2) is 43.4 Å². The molecule has 0 amide bonds. The molecule has 0 spiro atoms. The summed E-state index contributed by atoms with van der Waals surface area (Å²) in [7, 11) is 2.15. The molecule has 0 saturated heterocycles. The zero-order valence-electron chi connectivity index (χ0n) is 17.7. The summed E-state index contributed by atoms with van der Waals surface area (Å²) in [6.07, 6.45) is 2.79. The zero-order chi connectivity index (χ0) is 21.4. The Balaban J connectivity index is 1.38. The van der Waals surface area contributed by atoms with Crippen LogP contribution in [0.25, 0.3) is 33.3 Å². The largest absolute Gasteiger partial charge is 0.384 e. The number of nitrogens with zero attached hydrogens (tertiary/aromatic N) is 4. The van der Waals surface area contributed by atoms with Gasteiger partial charge in [0.2, 0.25) is 0 Å². The lowest BCUT2D eigenvalue weighted by Gasteiger charge is -2.16. The second kappa shape index (κ2) is 7.85. The first-order valence-electron chi connectivity index (χ1n) is 10.4. The summed E-state index contributed by atoms with van der Waals surface area (Å²) in [5, 5.41) is 1.17. The van der Waals surface area contributed by atoms with Gasteiger partial charge in [0.15, 0.2) is 5.65 Å². The molecule has 5 aromatic rings. The van der Waals surface area contributed by atoms with Crippen LogP contribution in [0.15, 0.2) is 54.7 Å². The SMILES string of the molecule is Cc1nc2nc(N)cc(-c3cc4cc(CN(C)CCc5ccccn5)ccc4[nH]3)c2[nH]1. The lowest BCUT2D eigenvalue weighted by atomic mass is 10.1. The Morgan fingerprint density at radius 1 is 1.03 bits per heavy atom. The van der Waals surface area contributed by atoms with Gasteiger partial charge in [-0.15, -0.1) is 0 Å². The maximum atomic E-state index is 6.03. The van der Waals surface area contributed by atoms with Crippen LogP contribution in [0.4, 0.5) is 5.82 Å². The third-order valence-electron chi connectivity index (χ3n) is 5.50. The molecule has 4 heterocycles. The fourth-order valence-corrected chi connectivity index (χ4v) is 4.00. The number of H-pyrrole nitrogens is 2. The minimum atomic E-state index is 0.461. The number of hydrogen-bond donors (Lipinski definition) is 3. The Labute approximate surface area is 180 Å². The number of likely N-dealkylation sites (N-methyl/N-ethyl adjacent to an activating group) is 1. The van der Waals surface area contributed by atoms with Gasteiger partial charge in [-0.2, -0.15) is 0 Å². The number of nitrogen functional groups attached to an aromatic ring is 1. The molecular formula is C24H25N7. The zero-order valence-corrected chi connectivity index (χ0v) is 17.7. The molecule has 0 radical (unpaired) electrons. The van der Waals surface area contributed by atoms with Gasteiger partial charge >= 0.3 is 0 Å². The summed E-state index contributed by atoms with van der Waals surface area (Å²) in [5.74, 6) is 1.28. The van der Waals surface area contributed by atoms with Gasteiger partial charge in [0.05, 0.1) is 5.52 Å². The van der Waals surface area contributed by atoms with Crippen molar-refractivity contribution in [1.82, 2.24) is 29.8 Å². The van der Waals surface area contributed by atoms with Crippen LogP contribution < -0.4 is 5.73 Å². The first kappa shape index (κ1) is 19.3. The molecule has 0 aliphatic carbocycles. The highest BCUT2D eigenvalue weighted by molar-refractivity contribution is 5.95. The molecule has 0 bridgehead atoms. The summed E-state index contributed by atoms with van der Waals surface area (Å²) in [5.41, 5.74) is 13.0. The van der Waals surface area contributed by atoms with Gasteiger partial charge in [-0.25, -0.2) is 9.97 Å². The molecule has 4 aromatic heterocycles. The van der Waals surface area contributed by atoms with Crippen molar-refractivity contribution in [2.75, 3.05) is 19.3 Å². The second-order valence-electron chi connectivity index (χ2n) is 8.03. The van der Waals surface area contributed by atoms with Crippen molar-refractivity contribution in [3.63, 3.8) is 0 Å². The average Bonchev–Trinajstić information content (AvgIpc) is 3.34. The highest BCUT2D eigenvalue weighted by Gasteiger charge is 2.13. The summed E-state index contributed by atoms with van der Waals surface area (Å²) in [6, 6.07) is 16.7. The molecule has 0 fully saturated rings. The second-order valence-corrected chi connectivity index (χ2v) is 8.03. The van der Waals surface area contributed by atoms with E-state index in [-0.39, 0.29) is 0 Å². The van der Waals surface area contributed by atoms with E-state index in [0.29, 0.717) is 11.5 Å². The van der Waals surface area contributed by atoms with Gasteiger partial charge < -0.3 is 20.6 Å².